The molecule has 4 amide bonds. The van der Waals surface area contributed by atoms with Gasteiger partial charge in [0.1, 0.15) is 12.4 Å². The lowest BCUT2D eigenvalue weighted by atomic mass is 9.85. The maximum absolute atomic E-state index is 13.2. The van der Waals surface area contributed by atoms with Crippen LogP contribution in [-0.4, -0.2) is 75.4 Å². The number of aliphatic carboxylic acids is 1. The Morgan fingerprint density at radius 3 is 2.38 bits per heavy atom. The Morgan fingerprint density at radius 1 is 1.09 bits per heavy atom. The van der Waals surface area contributed by atoms with Crippen LogP contribution < -0.4 is 20.9 Å². The first-order valence-corrected chi connectivity index (χ1v) is 13.9. The van der Waals surface area contributed by atoms with Gasteiger partial charge in [-0.25, -0.2) is 15.1 Å². The van der Waals surface area contributed by atoms with Crippen molar-refractivity contribution >= 4 is 34.7 Å². The fraction of sp³-hybridized carbons (Fsp3) is 0.367. The number of hydrogen-bond donors (Lipinski definition) is 5. The van der Waals surface area contributed by atoms with Crippen molar-refractivity contribution in [3.8, 4) is 5.75 Å². The number of carbonyl (C=O) groups is 4. The van der Waals surface area contributed by atoms with Crippen LogP contribution in [-0.2, 0) is 16.2 Å². The number of fused-ring (bicyclic) bond motifs is 1. The standard InChI is InChI=1S/C28H33N5O5.C2HF3O2/c1-3-29-27(36)33-14-6-13-28(18-33,16-25(34)32-37)31-26(35)20-9-11-22(12-10-20)38-17-21-15-19(2)30-24-8-5-4-7-23(21)24;3-2(4,5)1(6)7/h4-5,7-12,15,37H,3,6,13-14,16-18H2,1-2H3,(H,29,36)(H,31,35)(H,32,34);(H,6,7). The molecule has 1 atom stereocenters. The van der Waals surface area contributed by atoms with E-state index in [9.17, 15) is 27.6 Å². The number of ether oxygens (including phenoxy) is 1. The van der Waals surface area contributed by atoms with E-state index in [1.165, 1.54) is 0 Å². The van der Waals surface area contributed by atoms with Crippen LogP contribution >= 0.6 is 0 Å². The molecule has 1 aliphatic rings. The lowest BCUT2D eigenvalue weighted by Gasteiger charge is -2.42. The lowest BCUT2D eigenvalue weighted by molar-refractivity contribution is -0.192. The molecule has 242 valence electrons. The van der Waals surface area contributed by atoms with Crippen molar-refractivity contribution in [2.75, 3.05) is 19.6 Å². The average molecular weight is 634 g/mol. The number of rotatable bonds is 8. The number of carbonyl (C=O) groups excluding carboxylic acids is 3. The van der Waals surface area contributed by atoms with Crippen LogP contribution in [0, 0.1) is 6.92 Å². The molecule has 4 rings (SSSR count). The van der Waals surface area contributed by atoms with Gasteiger partial charge >= 0.3 is 18.2 Å². The number of pyridine rings is 1. The molecule has 1 aromatic heterocycles. The van der Waals surface area contributed by atoms with E-state index in [1.807, 2.05) is 44.2 Å². The number of piperidine rings is 1. The maximum atomic E-state index is 13.2. The van der Waals surface area contributed by atoms with Gasteiger partial charge in [0.15, 0.2) is 0 Å². The number of aryl methyl sites for hydroxylation is 1. The van der Waals surface area contributed by atoms with Gasteiger partial charge in [-0.1, -0.05) is 18.2 Å². The molecule has 0 saturated carbocycles. The lowest BCUT2D eigenvalue weighted by Crippen LogP contribution is -2.62. The number of nitrogens with zero attached hydrogens (tertiary/aromatic N) is 2. The summed E-state index contributed by atoms with van der Waals surface area (Å²) in [4.78, 5) is 52.7. The predicted molar refractivity (Wildman–Crippen MR) is 156 cm³/mol. The van der Waals surface area contributed by atoms with Crippen LogP contribution in [0.4, 0.5) is 18.0 Å². The summed E-state index contributed by atoms with van der Waals surface area (Å²) in [6.45, 7) is 5.26. The monoisotopic (exact) mass is 633 g/mol. The number of urea groups is 1. The number of aromatic nitrogens is 1. The zero-order chi connectivity index (χ0) is 33.2. The van der Waals surface area contributed by atoms with Gasteiger partial charge < -0.3 is 25.4 Å². The van der Waals surface area contributed by atoms with Gasteiger partial charge in [0.2, 0.25) is 5.91 Å². The highest BCUT2D eigenvalue weighted by Gasteiger charge is 2.40. The van der Waals surface area contributed by atoms with Crippen LogP contribution in [0.3, 0.4) is 0 Å². The molecule has 2 aromatic carbocycles. The maximum Gasteiger partial charge on any atom is 0.490 e. The normalized spacial score (nSPS) is 16.2. The summed E-state index contributed by atoms with van der Waals surface area (Å²) >= 11 is 0. The van der Waals surface area contributed by atoms with Gasteiger partial charge in [0, 0.05) is 41.8 Å². The minimum absolute atomic E-state index is 0.151. The molecule has 0 aliphatic carbocycles. The molecule has 1 unspecified atom stereocenters. The summed E-state index contributed by atoms with van der Waals surface area (Å²) in [6.07, 6.45) is -4.15. The van der Waals surface area contributed by atoms with E-state index in [1.54, 1.807) is 34.6 Å². The first-order chi connectivity index (χ1) is 21.3. The van der Waals surface area contributed by atoms with Crippen molar-refractivity contribution < 1.29 is 47.4 Å². The Bertz CT molecular complexity index is 1520. The molecule has 0 bridgehead atoms. The van der Waals surface area contributed by atoms with Crippen molar-refractivity contribution in [3.05, 3.63) is 71.4 Å². The highest BCUT2D eigenvalue weighted by Crippen LogP contribution is 2.26. The molecule has 0 spiro atoms. The number of likely N-dealkylation sites (tertiary alicyclic amines) is 1. The second-order valence-corrected chi connectivity index (χ2v) is 10.4. The molecular weight excluding hydrogens is 599 g/mol. The highest BCUT2D eigenvalue weighted by molar-refractivity contribution is 5.95. The Morgan fingerprint density at radius 2 is 1.76 bits per heavy atom. The first-order valence-electron chi connectivity index (χ1n) is 13.9. The minimum Gasteiger partial charge on any atom is -0.489 e. The van der Waals surface area contributed by atoms with Crippen molar-refractivity contribution in [1.29, 1.82) is 0 Å². The number of benzene rings is 2. The molecule has 1 saturated heterocycles. The Kier molecular flexibility index (Phi) is 11.7. The molecule has 2 heterocycles. The summed E-state index contributed by atoms with van der Waals surface area (Å²) in [5.74, 6) is -3.16. The second-order valence-electron chi connectivity index (χ2n) is 10.4. The molecular formula is C30H34F3N5O7. The highest BCUT2D eigenvalue weighted by atomic mass is 19.4. The third-order valence-corrected chi connectivity index (χ3v) is 6.88. The van der Waals surface area contributed by atoms with E-state index in [0.717, 1.165) is 22.2 Å². The SMILES string of the molecule is CCNC(=O)N1CCCC(CC(=O)NO)(NC(=O)c2ccc(OCc3cc(C)nc4ccccc34)cc2)C1.O=C(O)C(F)(F)F. The van der Waals surface area contributed by atoms with E-state index in [4.69, 9.17) is 19.8 Å². The van der Waals surface area contributed by atoms with E-state index in [2.05, 4.69) is 15.6 Å². The van der Waals surface area contributed by atoms with Gasteiger partial charge in [-0.05, 0) is 63.1 Å². The molecule has 0 radical (unpaired) electrons. The van der Waals surface area contributed by atoms with Crippen LogP contribution in [0.2, 0.25) is 0 Å². The van der Waals surface area contributed by atoms with Gasteiger partial charge in [-0.2, -0.15) is 13.2 Å². The number of amides is 4. The molecule has 5 N–H and O–H groups in total. The van der Waals surface area contributed by atoms with E-state index < -0.39 is 23.6 Å². The van der Waals surface area contributed by atoms with Crippen molar-refractivity contribution in [2.45, 2.75) is 51.4 Å². The third-order valence-electron chi connectivity index (χ3n) is 6.88. The Hall–Kier alpha value is -4.92. The molecule has 45 heavy (non-hydrogen) atoms. The average Bonchev–Trinajstić information content (AvgIpc) is 3.00. The zero-order valence-electron chi connectivity index (χ0n) is 24.6. The molecule has 3 aromatic rings. The summed E-state index contributed by atoms with van der Waals surface area (Å²) < 4.78 is 37.7. The molecule has 15 heteroatoms. The smallest absolute Gasteiger partial charge is 0.489 e. The van der Waals surface area contributed by atoms with Gasteiger partial charge in [0.05, 0.1) is 17.5 Å². The van der Waals surface area contributed by atoms with E-state index >= 15 is 0 Å². The Balaban J connectivity index is 0.000000707. The fourth-order valence-electron chi connectivity index (χ4n) is 4.90. The van der Waals surface area contributed by atoms with Crippen molar-refractivity contribution in [2.24, 2.45) is 0 Å². The predicted octanol–water partition coefficient (Wildman–Crippen LogP) is 3.94. The number of hydroxylamine groups is 1. The van der Waals surface area contributed by atoms with Crippen LogP contribution in [0.25, 0.3) is 10.9 Å². The Labute approximate surface area is 256 Å². The van der Waals surface area contributed by atoms with Gasteiger partial charge in [-0.3, -0.25) is 19.8 Å². The number of carboxylic acid groups (broad SMARTS) is 1. The number of carboxylic acids is 1. The van der Waals surface area contributed by atoms with Gasteiger partial charge in [-0.15, -0.1) is 0 Å². The van der Waals surface area contributed by atoms with E-state index in [-0.39, 0.29) is 24.9 Å². The summed E-state index contributed by atoms with van der Waals surface area (Å²) in [7, 11) is 0. The number of para-hydroxylation sites is 1. The fourth-order valence-corrected chi connectivity index (χ4v) is 4.90. The topological polar surface area (TPSA) is 170 Å². The molecule has 12 nitrogen and oxygen atoms in total. The third kappa shape index (κ3) is 9.79. The molecule has 1 fully saturated rings. The van der Waals surface area contributed by atoms with Crippen molar-refractivity contribution in [1.82, 2.24) is 26.0 Å². The first kappa shape index (κ1) is 34.6. The quantitative estimate of drug-likeness (QED) is 0.183. The van der Waals surface area contributed by atoms with Crippen LogP contribution in [0.15, 0.2) is 54.6 Å². The van der Waals surface area contributed by atoms with E-state index in [0.29, 0.717) is 43.9 Å². The summed E-state index contributed by atoms with van der Waals surface area (Å²) in [6, 6.07) is 16.4. The number of alkyl halides is 3. The van der Waals surface area contributed by atoms with Crippen LogP contribution in [0.1, 0.15) is 47.8 Å². The number of nitrogens with one attached hydrogen (secondary N) is 3. The summed E-state index contributed by atoms with van der Waals surface area (Å²) in [5.41, 5.74) is 3.86. The van der Waals surface area contributed by atoms with Crippen molar-refractivity contribution in [3.63, 3.8) is 0 Å². The number of hydrogen-bond acceptors (Lipinski definition) is 7. The zero-order valence-corrected chi connectivity index (χ0v) is 24.6. The van der Waals surface area contributed by atoms with Gasteiger partial charge in [0.25, 0.3) is 5.91 Å². The van der Waals surface area contributed by atoms with Crippen LogP contribution in [0.5, 0.6) is 5.75 Å². The molecule has 1 aliphatic heterocycles. The second kappa shape index (κ2) is 15.2. The number of halogens is 3. The summed E-state index contributed by atoms with van der Waals surface area (Å²) in [5, 5.41) is 23.0. The minimum atomic E-state index is -5.08. The largest absolute Gasteiger partial charge is 0.490 e.